The van der Waals surface area contributed by atoms with Crippen molar-refractivity contribution in [2.45, 2.75) is 13.3 Å². The summed E-state index contributed by atoms with van der Waals surface area (Å²) in [7, 11) is 0. The van der Waals surface area contributed by atoms with Gasteiger partial charge in [0.05, 0.1) is 5.57 Å². The minimum atomic E-state index is -0.284. The zero-order chi connectivity index (χ0) is 13.9. The smallest absolute Gasteiger partial charge is 0.343 e. The molecule has 3 heteroatoms. The van der Waals surface area contributed by atoms with Gasteiger partial charge in [-0.1, -0.05) is 37.3 Å². The molecule has 0 spiro atoms. The summed E-state index contributed by atoms with van der Waals surface area (Å²) >= 11 is 1.60. The maximum Gasteiger partial charge on any atom is 0.343 e. The van der Waals surface area contributed by atoms with Gasteiger partial charge < -0.3 is 4.74 Å². The van der Waals surface area contributed by atoms with E-state index in [2.05, 4.69) is 19.1 Å². The van der Waals surface area contributed by atoms with Gasteiger partial charge in [0.25, 0.3) is 0 Å². The molecule has 1 aliphatic rings. The lowest BCUT2D eigenvalue weighted by Gasteiger charge is -2.02. The van der Waals surface area contributed by atoms with Crippen molar-refractivity contribution in [2.75, 3.05) is 0 Å². The normalized spacial score (nSPS) is 16.4. The molecule has 0 aliphatic carbocycles. The second kappa shape index (κ2) is 5.47. The van der Waals surface area contributed by atoms with Crippen LogP contribution in [0.2, 0.25) is 0 Å². The first kappa shape index (κ1) is 12.9. The Kier molecular flexibility index (Phi) is 3.52. The van der Waals surface area contributed by atoms with Gasteiger partial charge in [-0.15, -0.1) is 11.3 Å². The van der Waals surface area contributed by atoms with Crippen molar-refractivity contribution in [1.82, 2.24) is 0 Å². The number of ether oxygens (including phenoxy) is 1. The topological polar surface area (TPSA) is 26.3 Å². The SMILES string of the molecule is CCc1ccc(C2=CC(=Cc3cccs3)C(=O)O2)cc1. The van der Waals surface area contributed by atoms with Crippen LogP contribution in [0.5, 0.6) is 0 Å². The van der Waals surface area contributed by atoms with Crippen molar-refractivity contribution in [3.05, 3.63) is 69.4 Å². The first-order valence-corrected chi connectivity index (χ1v) is 7.42. The van der Waals surface area contributed by atoms with E-state index < -0.39 is 0 Å². The van der Waals surface area contributed by atoms with E-state index in [-0.39, 0.29) is 5.97 Å². The predicted octanol–water partition coefficient (Wildman–Crippen LogP) is 4.29. The molecule has 0 saturated heterocycles. The fraction of sp³-hybridized carbons (Fsp3) is 0.118. The molecule has 0 atom stereocenters. The molecule has 100 valence electrons. The summed E-state index contributed by atoms with van der Waals surface area (Å²) in [5.74, 6) is 0.341. The summed E-state index contributed by atoms with van der Waals surface area (Å²) in [6, 6.07) is 12.0. The summed E-state index contributed by atoms with van der Waals surface area (Å²) in [6.45, 7) is 2.12. The lowest BCUT2D eigenvalue weighted by atomic mass is 10.1. The van der Waals surface area contributed by atoms with Gasteiger partial charge in [0.15, 0.2) is 0 Å². The summed E-state index contributed by atoms with van der Waals surface area (Å²) in [5, 5.41) is 1.99. The van der Waals surface area contributed by atoms with Crippen LogP contribution in [0.15, 0.2) is 53.4 Å². The van der Waals surface area contributed by atoms with E-state index >= 15 is 0 Å². The van der Waals surface area contributed by atoms with Gasteiger partial charge >= 0.3 is 5.97 Å². The number of benzene rings is 1. The molecule has 0 bridgehead atoms. The van der Waals surface area contributed by atoms with E-state index in [4.69, 9.17) is 4.74 Å². The lowest BCUT2D eigenvalue weighted by Crippen LogP contribution is -1.96. The summed E-state index contributed by atoms with van der Waals surface area (Å²) in [6.07, 6.45) is 4.67. The van der Waals surface area contributed by atoms with Gasteiger partial charge in [-0.3, -0.25) is 0 Å². The number of hydrogen-bond acceptors (Lipinski definition) is 3. The molecule has 3 rings (SSSR count). The molecular formula is C17H14O2S. The molecule has 0 fully saturated rings. The molecule has 1 aliphatic heterocycles. The number of carbonyl (C=O) groups is 1. The van der Waals surface area contributed by atoms with E-state index in [0.29, 0.717) is 11.3 Å². The third-order valence-electron chi connectivity index (χ3n) is 3.21. The monoisotopic (exact) mass is 282 g/mol. The van der Waals surface area contributed by atoms with Gasteiger partial charge in [0.2, 0.25) is 0 Å². The maximum atomic E-state index is 11.9. The van der Waals surface area contributed by atoms with Crippen LogP contribution in [0.4, 0.5) is 0 Å². The van der Waals surface area contributed by atoms with Crippen molar-refractivity contribution >= 4 is 29.1 Å². The van der Waals surface area contributed by atoms with E-state index in [1.54, 1.807) is 11.3 Å². The minimum absolute atomic E-state index is 0.284. The largest absolute Gasteiger partial charge is 0.422 e. The molecule has 0 N–H and O–H groups in total. The van der Waals surface area contributed by atoms with Crippen molar-refractivity contribution in [3.63, 3.8) is 0 Å². The average molecular weight is 282 g/mol. The van der Waals surface area contributed by atoms with E-state index in [9.17, 15) is 4.79 Å². The molecule has 2 aromatic rings. The highest BCUT2D eigenvalue weighted by Gasteiger charge is 2.21. The number of aryl methyl sites for hydroxylation is 1. The summed E-state index contributed by atoms with van der Waals surface area (Å²) < 4.78 is 5.34. The van der Waals surface area contributed by atoms with Crippen LogP contribution in [-0.4, -0.2) is 5.97 Å². The zero-order valence-electron chi connectivity index (χ0n) is 11.1. The molecule has 2 heterocycles. The van der Waals surface area contributed by atoms with Gasteiger partial charge in [-0.05, 0) is 35.6 Å². The van der Waals surface area contributed by atoms with Crippen molar-refractivity contribution in [2.24, 2.45) is 0 Å². The van der Waals surface area contributed by atoms with Crippen molar-refractivity contribution in [1.29, 1.82) is 0 Å². The lowest BCUT2D eigenvalue weighted by molar-refractivity contribution is -0.130. The number of esters is 1. The van der Waals surface area contributed by atoms with Crippen LogP contribution < -0.4 is 0 Å². The van der Waals surface area contributed by atoms with Gasteiger partial charge in [0.1, 0.15) is 5.76 Å². The maximum absolute atomic E-state index is 11.9. The highest BCUT2D eigenvalue weighted by atomic mass is 32.1. The number of rotatable bonds is 3. The van der Waals surface area contributed by atoms with Crippen LogP contribution in [0.1, 0.15) is 22.9 Å². The predicted molar refractivity (Wildman–Crippen MR) is 82.2 cm³/mol. The van der Waals surface area contributed by atoms with Crippen LogP contribution >= 0.6 is 11.3 Å². The fourth-order valence-corrected chi connectivity index (χ4v) is 2.73. The molecule has 0 unspecified atom stereocenters. The van der Waals surface area contributed by atoms with Gasteiger partial charge in [-0.25, -0.2) is 4.79 Å². The summed E-state index contributed by atoms with van der Waals surface area (Å²) in [5.41, 5.74) is 2.81. The third-order valence-corrected chi connectivity index (χ3v) is 4.03. The Bertz CT molecular complexity index is 676. The molecule has 2 nitrogen and oxygen atoms in total. The van der Waals surface area contributed by atoms with Crippen LogP contribution in [0, 0.1) is 0 Å². The second-order valence-electron chi connectivity index (χ2n) is 4.56. The molecular weight excluding hydrogens is 268 g/mol. The second-order valence-corrected chi connectivity index (χ2v) is 5.54. The Hall–Kier alpha value is -2.13. The van der Waals surface area contributed by atoms with E-state index in [1.165, 1.54) is 5.56 Å². The number of carbonyl (C=O) groups excluding carboxylic acids is 1. The third kappa shape index (κ3) is 2.58. The molecule has 0 radical (unpaired) electrons. The highest BCUT2D eigenvalue weighted by Crippen LogP contribution is 2.28. The molecule has 0 amide bonds. The Labute approximate surface area is 122 Å². The number of thiophene rings is 1. The quantitative estimate of drug-likeness (QED) is 0.620. The fourth-order valence-electron chi connectivity index (χ4n) is 2.06. The standard InChI is InChI=1S/C17H14O2S/c1-2-12-5-7-13(8-6-12)16-11-14(17(18)19-16)10-15-4-3-9-20-15/h3-11H,2H2,1H3. The van der Waals surface area contributed by atoms with Crippen molar-refractivity contribution < 1.29 is 9.53 Å². The number of cyclic esters (lactones) is 1. The van der Waals surface area contributed by atoms with Crippen LogP contribution in [0.3, 0.4) is 0 Å². The number of hydrogen-bond donors (Lipinski definition) is 0. The Morgan fingerprint density at radius 2 is 2.00 bits per heavy atom. The van der Waals surface area contributed by atoms with Crippen molar-refractivity contribution in [3.8, 4) is 0 Å². The van der Waals surface area contributed by atoms with Crippen LogP contribution in [0.25, 0.3) is 11.8 Å². The van der Waals surface area contributed by atoms with Gasteiger partial charge in [0, 0.05) is 10.4 Å². The average Bonchev–Trinajstić information content (AvgIpc) is 3.10. The van der Waals surface area contributed by atoms with Crippen LogP contribution in [-0.2, 0) is 16.0 Å². The molecule has 1 aromatic carbocycles. The summed E-state index contributed by atoms with van der Waals surface area (Å²) in [4.78, 5) is 12.9. The molecule has 20 heavy (non-hydrogen) atoms. The molecule has 0 saturated carbocycles. The Morgan fingerprint density at radius 1 is 1.20 bits per heavy atom. The van der Waals surface area contributed by atoms with E-state index in [0.717, 1.165) is 16.9 Å². The highest BCUT2D eigenvalue weighted by molar-refractivity contribution is 7.10. The first-order valence-electron chi connectivity index (χ1n) is 6.54. The molecule has 1 aromatic heterocycles. The van der Waals surface area contributed by atoms with E-state index in [1.807, 2.05) is 41.8 Å². The zero-order valence-corrected chi connectivity index (χ0v) is 11.9. The minimum Gasteiger partial charge on any atom is -0.422 e. The first-order chi connectivity index (χ1) is 9.76. The Balaban J connectivity index is 1.89. The van der Waals surface area contributed by atoms with Gasteiger partial charge in [-0.2, -0.15) is 0 Å². The Morgan fingerprint density at radius 3 is 2.65 bits per heavy atom.